The molecule has 0 saturated carbocycles. The summed E-state index contributed by atoms with van der Waals surface area (Å²) in [6, 6.07) is 0. The summed E-state index contributed by atoms with van der Waals surface area (Å²) in [5.74, 6) is -2.95. The fourth-order valence-corrected chi connectivity index (χ4v) is 0.814. The lowest BCUT2D eigenvalue weighted by Crippen LogP contribution is -2.27. The second-order valence-corrected chi connectivity index (χ2v) is 2.95. The Kier molecular flexibility index (Phi) is 7.36. The van der Waals surface area contributed by atoms with Crippen LogP contribution < -0.4 is 0 Å². The second kappa shape index (κ2) is 8.28. The van der Waals surface area contributed by atoms with Crippen molar-refractivity contribution in [3.8, 4) is 0 Å². The molecule has 0 aromatic carbocycles. The highest BCUT2D eigenvalue weighted by molar-refractivity contribution is 5.82. The topological polar surface area (TPSA) is 110 Å². The van der Waals surface area contributed by atoms with Gasteiger partial charge >= 0.3 is 17.9 Å². The summed E-state index contributed by atoms with van der Waals surface area (Å²) < 4.78 is 9.07. The van der Waals surface area contributed by atoms with Crippen molar-refractivity contribution in [2.75, 3.05) is 13.2 Å². The number of carboxylic acids is 1. The quantitative estimate of drug-likeness (QED) is 0.353. The standard InChI is InChI=1S/C10H14O7/c1-2-3-9(14)16-4-5-17-10(15)7(11)6-8(12)13/h2-3,7,11H,4-6H2,1H3,(H,12,13). The second-order valence-electron chi connectivity index (χ2n) is 2.95. The largest absolute Gasteiger partial charge is 0.481 e. The van der Waals surface area contributed by atoms with Crippen molar-refractivity contribution in [1.29, 1.82) is 0 Å². The van der Waals surface area contributed by atoms with Gasteiger partial charge < -0.3 is 19.7 Å². The van der Waals surface area contributed by atoms with E-state index in [1.54, 1.807) is 6.92 Å². The van der Waals surface area contributed by atoms with Crippen molar-refractivity contribution in [2.24, 2.45) is 0 Å². The Balaban J connectivity index is 3.71. The first kappa shape index (κ1) is 15.1. The van der Waals surface area contributed by atoms with Crippen molar-refractivity contribution < 1.29 is 34.1 Å². The van der Waals surface area contributed by atoms with E-state index in [2.05, 4.69) is 9.47 Å². The third-order valence-corrected chi connectivity index (χ3v) is 1.51. The highest BCUT2D eigenvalue weighted by Gasteiger charge is 2.19. The van der Waals surface area contributed by atoms with E-state index >= 15 is 0 Å². The van der Waals surface area contributed by atoms with Crippen LogP contribution in [0.25, 0.3) is 0 Å². The molecule has 0 bridgehead atoms. The Morgan fingerprint density at radius 1 is 1.24 bits per heavy atom. The molecule has 0 rings (SSSR count). The number of carbonyl (C=O) groups is 3. The summed E-state index contributed by atoms with van der Waals surface area (Å²) in [7, 11) is 0. The third-order valence-electron chi connectivity index (χ3n) is 1.51. The number of ether oxygens (including phenoxy) is 2. The summed E-state index contributed by atoms with van der Waals surface area (Å²) >= 11 is 0. The van der Waals surface area contributed by atoms with E-state index in [0.717, 1.165) is 0 Å². The number of allylic oxidation sites excluding steroid dienone is 1. The molecule has 2 N–H and O–H groups in total. The van der Waals surface area contributed by atoms with Crippen molar-refractivity contribution in [3.05, 3.63) is 12.2 Å². The summed E-state index contributed by atoms with van der Waals surface area (Å²) in [5.41, 5.74) is 0. The minimum Gasteiger partial charge on any atom is -0.481 e. The first-order valence-electron chi connectivity index (χ1n) is 4.83. The number of aliphatic hydroxyl groups is 1. The predicted octanol–water partition coefficient (Wildman–Crippen LogP) is -0.516. The highest BCUT2D eigenvalue weighted by atomic mass is 16.6. The number of aliphatic hydroxyl groups excluding tert-OH is 1. The van der Waals surface area contributed by atoms with Gasteiger partial charge in [-0.15, -0.1) is 0 Å². The molecule has 1 unspecified atom stereocenters. The summed E-state index contributed by atoms with van der Waals surface area (Å²) in [5, 5.41) is 17.3. The number of hydrogen-bond acceptors (Lipinski definition) is 6. The van der Waals surface area contributed by atoms with Gasteiger partial charge in [-0.3, -0.25) is 4.79 Å². The summed E-state index contributed by atoms with van der Waals surface area (Å²) in [4.78, 5) is 31.9. The van der Waals surface area contributed by atoms with Crippen LogP contribution in [0.5, 0.6) is 0 Å². The van der Waals surface area contributed by atoms with Gasteiger partial charge in [-0.2, -0.15) is 0 Å². The zero-order valence-corrected chi connectivity index (χ0v) is 9.29. The molecule has 0 saturated heterocycles. The van der Waals surface area contributed by atoms with Gasteiger partial charge in [0.1, 0.15) is 13.2 Å². The Morgan fingerprint density at radius 2 is 1.82 bits per heavy atom. The molecule has 0 spiro atoms. The van der Waals surface area contributed by atoms with Crippen LogP contribution in [0.15, 0.2) is 12.2 Å². The smallest absolute Gasteiger partial charge is 0.335 e. The lowest BCUT2D eigenvalue weighted by molar-refractivity contribution is -0.160. The zero-order valence-electron chi connectivity index (χ0n) is 9.29. The molecule has 17 heavy (non-hydrogen) atoms. The molecule has 0 aliphatic carbocycles. The number of esters is 2. The molecule has 96 valence electrons. The monoisotopic (exact) mass is 246 g/mol. The molecule has 0 aromatic heterocycles. The highest BCUT2D eigenvalue weighted by Crippen LogP contribution is 1.95. The van der Waals surface area contributed by atoms with Gasteiger partial charge in [0.25, 0.3) is 0 Å². The van der Waals surface area contributed by atoms with Crippen molar-refractivity contribution in [2.45, 2.75) is 19.4 Å². The van der Waals surface area contributed by atoms with Crippen LogP contribution in [-0.2, 0) is 23.9 Å². The van der Waals surface area contributed by atoms with E-state index in [1.165, 1.54) is 12.2 Å². The molecule has 7 nitrogen and oxygen atoms in total. The maximum atomic E-state index is 11.0. The molecular formula is C10H14O7. The van der Waals surface area contributed by atoms with Crippen LogP contribution in [0.4, 0.5) is 0 Å². The molecule has 0 radical (unpaired) electrons. The van der Waals surface area contributed by atoms with E-state index < -0.39 is 30.4 Å². The van der Waals surface area contributed by atoms with Crippen LogP contribution >= 0.6 is 0 Å². The van der Waals surface area contributed by atoms with E-state index in [9.17, 15) is 14.4 Å². The van der Waals surface area contributed by atoms with Gasteiger partial charge in [0.15, 0.2) is 6.10 Å². The third kappa shape index (κ3) is 7.97. The van der Waals surface area contributed by atoms with Gasteiger partial charge in [-0.25, -0.2) is 9.59 Å². The number of carboxylic acid groups (broad SMARTS) is 1. The fraction of sp³-hybridized carbons (Fsp3) is 0.500. The summed E-state index contributed by atoms with van der Waals surface area (Å²) in [6.45, 7) is 1.25. The molecule has 0 heterocycles. The normalized spacial score (nSPS) is 12.1. The summed E-state index contributed by atoms with van der Waals surface area (Å²) in [6.07, 6.45) is 0.252. The Bertz CT molecular complexity index is 308. The van der Waals surface area contributed by atoms with Gasteiger partial charge in [-0.1, -0.05) is 6.08 Å². The van der Waals surface area contributed by atoms with Crippen molar-refractivity contribution in [3.63, 3.8) is 0 Å². The SMILES string of the molecule is CC=CC(=O)OCCOC(=O)C(O)CC(=O)O. The lowest BCUT2D eigenvalue weighted by Gasteiger charge is -2.08. The van der Waals surface area contributed by atoms with Crippen LogP contribution in [0.1, 0.15) is 13.3 Å². The number of hydrogen-bond donors (Lipinski definition) is 2. The van der Waals surface area contributed by atoms with E-state index in [4.69, 9.17) is 10.2 Å². The average molecular weight is 246 g/mol. The maximum Gasteiger partial charge on any atom is 0.335 e. The van der Waals surface area contributed by atoms with Gasteiger partial charge in [0.05, 0.1) is 6.42 Å². The van der Waals surface area contributed by atoms with Crippen LogP contribution in [0, 0.1) is 0 Å². The van der Waals surface area contributed by atoms with Gasteiger partial charge in [-0.05, 0) is 6.92 Å². The molecule has 0 aliphatic rings. The Hall–Kier alpha value is -1.89. The minimum atomic E-state index is -1.71. The molecule has 0 amide bonds. The van der Waals surface area contributed by atoms with Crippen molar-refractivity contribution >= 4 is 17.9 Å². The Morgan fingerprint density at radius 3 is 2.35 bits per heavy atom. The molecule has 0 aromatic rings. The Labute approximate surface area is 97.6 Å². The van der Waals surface area contributed by atoms with E-state index in [-0.39, 0.29) is 13.2 Å². The van der Waals surface area contributed by atoms with Gasteiger partial charge in [0.2, 0.25) is 0 Å². The minimum absolute atomic E-state index is 0.158. The van der Waals surface area contributed by atoms with E-state index in [1.807, 2.05) is 0 Å². The lowest BCUT2D eigenvalue weighted by atomic mass is 10.2. The molecular weight excluding hydrogens is 232 g/mol. The van der Waals surface area contributed by atoms with Crippen LogP contribution in [0.3, 0.4) is 0 Å². The van der Waals surface area contributed by atoms with Crippen LogP contribution in [-0.4, -0.2) is 47.4 Å². The van der Waals surface area contributed by atoms with Gasteiger partial charge in [0, 0.05) is 6.08 Å². The molecule has 7 heteroatoms. The van der Waals surface area contributed by atoms with Crippen molar-refractivity contribution in [1.82, 2.24) is 0 Å². The average Bonchev–Trinajstić information content (AvgIpc) is 2.23. The van der Waals surface area contributed by atoms with E-state index in [0.29, 0.717) is 0 Å². The fourth-order valence-electron chi connectivity index (χ4n) is 0.814. The predicted molar refractivity (Wildman–Crippen MR) is 55.0 cm³/mol. The number of rotatable bonds is 7. The van der Waals surface area contributed by atoms with Crippen LogP contribution in [0.2, 0.25) is 0 Å². The number of carbonyl (C=O) groups excluding carboxylic acids is 2. The zero-order chi connectivity index (χ0) is 13.3. The maximum absolute atomic E-state index is 11.0. The number of aliphatic carboxylic acids is 1. The molecule has 0 fully saturated rings. The first-order chi connectivity index (χ1) is 7.97. The molecule has 0 aliphatic heterocycles. The first-order valence-corrected chi connectivity index (χ1v) is 4.83. The molecule has 1 atom stereocenters.